The maximum Gasteiger partial charge on any atom is 0.177 e. The molecule has 1 aliphatic rings. The molecule has 3 atom stereocenters. The van der Waals surface area contributed by atoms with Crippen LogP contribution in [0, 0.1) is 12.3 Å². The van der Waals surface area contributed by atoms with E-state index in [1.54, 1.807) is 17.4 Å². The van der Waals surface area contributed by atoms with Crippen LogP contribution < -0.4 is 11.1 Å². The van der Waals surface area contributed by atoms with Gasteiger partial charge >= 0.3 is 0 Å². The number of terminal acetylenes is 1. The van der Waals surface area contributed by atoms with E-state index in [9.17, 15) is 4.39 Å². The van der Waals surface area contributed by atoms with Crippen molar-refractivity contribution in [1.82, 2.24) is 4.98 Å². The number of fused-ring (bicyclic) bond motifs is 1. The first-order chi connectivity index (χ1) is 12.6. The van der Waals surface area contributed by atoms with Crippen LogP contribution >= 0.6 is 22.9 Å². The molecule has 4 rings (SSSR count). The Hall–Kier alpha value is -2.07. The predicted molar refractivity (Wildman–Crippen MR) is 103 cm³/mol. The van der Waals surface area contributed by atoms with Crippen molar-refractivity contribution in [1.29, 1.82) is 0 Å². The fraction of sp³-hybridized carbons (Fsp3) is 0.316. The van der Waals surface area contributed by atoms with Crippen LogP contribution in [-0.2, 0) is 6.54 Å². The van der Waals surface area contributed by atoms with E-state index in [1.165, 1.54) is 4.88 Å². The van der Waals surface area contributed by atoms with E-state index in [-0.39, 0.29) is 5.92 Å². The van der Waals surface area contributed by atoms with Crippen molar-refractivity contribution in [2.24, 2.45) is 5.73 Å². The molecule has 26 heavy (non-hydrogen) atoms. The lowest BCUT2D eigenvalue weighted by molar-refractivity contribution is 0.300. The highest BCUT2D eigenvalue weighted by atomic mass is 35.5. The van der Waals surface area contributed by atoms with Gasteiger partial charge in [0.15, 0.2) is 5.58 Å². The molecule has 0 saturated heterocycles. The van der Waals surface area contributed by atoms with Gasteiger partial charge in [-0.15, -0.1) is 17.8 Å². The summed E-state index contributed by atoms with van der Waals surface area (Å²) in [5, 5.41) is 5.65. The summed E-state index contributed by atoms with van der Waals surface area (Å²) < 4.78 is 20.0. The van der Waals surface area contributed by atoms with Crippen LogP contribution in [0.2, 0.25) is 5.15 Å². The second kappa shape index (κ2) is 6.92. The fourth-order valence-electron chi connectivity index (χ4n) is 3.46. The number of nitrogens with zero attached hydrogens (tertiary/aromatic N) is 1. The third-order valence-corrected chi connectivity index (χ3v) is 5.86. The average Bonchev–Trinajstić information content (AvgIpc) is 3.33. The highest BCUT2D eigenvalue weighted by Gasteiger charge is 2.38. The number of pyridine rings is 1. The summed E-state index contributed by atoms with van der Waals surface area (Å²) >= 11 is 7.84. The molecule has 3 aromatic rings. The maximum absolute atomic E-state index is 13.9. The number of alkyl halides is 1. The number of nitrogens with two attached hydrogens (primary N) is 1. The Morgan fingerprint density at radius 3 is 3.00 bits per heavy atom. The van der Waals surface area contributed by atoms with Crippen molar-refractivity contribution >= 4 is 39.7 Å². The maximum atomic E-state index is 13.9. The zero-order chi connectivity index (χ0) is 18.3. The Labute approximate surface area is 159 Å². The van der Waals surface area contributed by atoms with E-state index in [0.717, 1.165) is 0 Å². The molecule has 0 aliphatic heterocycles. The van der Waals surface area contributed by atoms with E-state index in [0.29, 0.717) is 52.7 Å². The van der Waals surface area contributed by atoms with Crippen molar-refractivity contribution in [2.75, 3.05) is 5.32 Å². The SMILES string of the molecule is C#Cc1c([C@@H]2CC[C@@H](F)[C@@H]2N)oc2c(NCc3cccs3)cc(Cl)nc12. The molecule has 1 aliphatic carbocycles. The molecule has 1 saturated carbocycles. The third kappa shape index (κ3) is 2.96. The summed E-state index contributed by atoms with van der Waals surface area (Å²) in [5.74, 6) is 2.91. The van der Waals surface area contributed by atoms with Crippen LogP contribution in [0.1, 0.15) is 35.0 Å². The molecule has 0 bridgehead atoms. The molecule has 0 radical (unpaired) electrons. The summed E-state index contributed by atoms with van der Waals surface area (Å²) in [7, 11) is 0. The number of anilines is 1. The van der Waals surface area contributed by atoms with Crippen LogP contribution in [0.4, 0.5) is 10.1 Å². The van der Waals surface area contributed by atoms with E-state index >= 15 is 0 Å². The molecule has 3 N–H and O–H groups in total. The summed E-state index contributed by atoms with van der Waals surface area (Å²) in [6, 6.07) is 5.11. The molecular weight excluding hydrogens is 373 g/mol. The van der Waals surface area contributed by atoms with Crippen molar-refractivity contribution in [2.45, 2.75) is 37.5 Å². The Balaban J connectivity index is 1.78. The van der Waals surface area contributed by atoms with Crippen LogP contribution in [-0.4, -0.2) is 17.2 Å². The Kier molecular flexibility index (Phi) is 4.62. The monoisotopic (exact) mass is 389 g/mol. The molecule has 134 valence electrons. The molecule has 0 amide bonds. The van der Waals surface area contributed by atoms with Crippen LogP contribution in [0.25, 0.3) is 11.1 Å². The van der Waals surface area contributed by atoms with Gasteiger partial charge in [0.25, 0.3) is 0 Å². The van der Waals surface area contributed by atoms with Gasteiger partial charge in [-0.05, 0) is 24.3 Å². The van der Waals surface area contributed by atoms with Gasteiger partial charge < -0.3 is 15.5 Å². The Morgan fingerprint density at radius 2 is 2.35 bits per heavy atom. The molecule has 0 unspecified atom stereocenters. The van der Waals surface area contributed by atoms with Crippen molar-refractivity contribution in [3.63, 3.8) is 0 Å². The summed E-state index contributed by atoms with van der Waals surface area (Å²) in [5.41, 5.74) is 8.29. The van der Waals surface area contributed by atoms with Gasteiger partial charge in [-0.25, -0.2) is 9.37 Å². The topological polar surface area (TPSA) is 64.1 Å². The number of thiophene rings is 1. The van der Waals surface area contributed by atoms with Gasteiger partial charge in [0, 0.05) is 29.4 Å². The lowest BCUT2D eigenvalue weighted by atomic mass is 9.97. The normalized spacial score (nSPS) is 22.6. The summed E-state index contributed by atoms with van der Waals surface area (Å²) in [6.07, 6.45) is 5.67. The second-order valence-corrected chi connectivity index (χ2v) is 7.79. The third-order valence-electron chi connectivity index (χ3n) is 4.79. The van der Waals surface area contributed by atoms with Gasteiger partial charge in [-0.3, -0.25) is 0 Å². The quantitative estimate of drug-likeness (QED) is 0.502. The highest BCUT2D eigenvalue weighted by molar-refractivity contribution is 7.09. The second-order valence-electron chi connectivity index (χ2n) is 6.37. The van der Waals surface area contributed by atoms with Crippen LogP contribution in [0.15, 0.2) is 28.0 Å². The molecule has 4 nitrogen and oxygen atoms in total. The van der Waals surface area contributed by atoms with Crippen molar-refractivity contribution in [3.8, 4) is 12.3 Å². The minimum atomic E-state index is -1.05. The van der Waals surface area contributed by atoms with E-state index < -0.39 is 12.2 Å². The smallest absolute Gasteiger partial charge is 0.177 e. The van der Waals surface area contributed by atoms with Crippen LogP contribution in [0.3, 0.4) is 0 Å². The Morgan fingerprint density at radius 1 is 1.50 bits per heavy atom. The first-order valence-corrected chi connectivity index (χ1v) is 9.59. The van der Waals surface area contributed by atoms with E-state index in [4.69, 9.17) is 28.2 Å². The molecule has 3 heterocycles. The van der Waals surface area contributed by atoms with Crippen LogP contribution in [0.5, 0.6) is 0 Å². The number of aromatic nitrogens is 1. The molecule has 0 spiro atoms. The van der Waals surface area contributed by atoms with Crippen molar-refractivity contribution < 1.29 is 8.81 Å². The standard InChI is InChI=1S/C19H17ClFN3OS/c1-2-11-17-19(25-18(11)12-5-6-13(21)16(12)22)14(8-15(20)24-17)23-9-10-4-3-7-26-10/h1,3-4,7-8,12-13,16H,5-6,9,22H2,(H,23,24)/t12-,13-,16-/m1/s1. The van der Waals surface area contributed by atoms with Crippen molar-refractivity contribution in [3.05, 3.63) is 44.9 Å². The first kappa shape index (κ1) is 17.3. The summed E-state index contributed by atoms with van der Waals surface area (Å²) in [6.45, 7) is 0.629. The molecular formula is C19H17ClFN3OS. The lowest BCUT2D eigenvalue weighted by Crippen LogP contribution is -2.31. The van der Waals surface area contributed by atoms with E-state index in [2.05, 4.69) is 16.2 Å². The number of hydrogen-bond donors (Lipinski definition) is 2. The minimum Gasteiger partial charge on any atom is -0.455 e. The number of hydrogen-bond acceptors (Lipinski definition) is 5. The molecule has 3 aromatic heterocycles. The number of rotatable bonds is 4. The van der Waals surface area contributed by atoms with E-state index in [1.807, 2.05) is 17.5 Å². The van der Waals surface area contributed by atoms with Gasteiger partial charge in [-0.2, -0.15) is 0 Å². The Bertz CT molecular complexity index is 979. The lowest BCUT2D eigenvalue weighted by Gasteiger charge is -2.14. The first-order valence-electron chi connectivity index (χ1n) is 8.34. The van der Waals surface area contributed by atoms with Gasteiger partial charge in [0.2, 0.25) is 0 Å². The predicted octanol–water partition coefficient (Wildman–Crippen LogP) is 4.68. The fourth-order valence-corrected chi connectivity index (χ4v) is 4.30. The zero-order valence-corrected chi connectivity index (χ0v) is 15.4. The van der Waals surface area contributed by atoms with Gasteiger partial charge in [0.1, 0.15) is 22.6 Å². The zero-order valence-electron chi connectivity index (χ0n) is 13.8. The summed E-state index contributed by atoms with van der Waals surface area (Å²) in [4.78, 5) is 5.52. The minimum absolute atomic E-state index is 0.255. The largest absolute Gasteiger partial charge is 0.455 e. The molecule has 7 heteroatoms. The highest BCUT2D eigenvalue weighted by Crippen LogP contribution is 2.42. The van der Waals surface area contributed by atoms with Gasteiger partial charge in [-0.1, -0.05) is 23.6 Å². The molecule has 1 fully saturated rings. The number of halogens is 2. The number of furan rings is 1. The average molecular weight is 390 g/mol. The molecule has 0 aromatic carbocycles. The number of nitrogens with one attached hydrogen (secondary N) is 1. The van der Waals surface area contributed by atoms with Gasteiger partial charge in [0.05, 0.1) is 11.3 Å².